The topological polar surface area (TPSA) is 43.8 Å². The first-order valence-electron chi connectivity index (χ1n) is 6.90. The molecule has 18 heavy (non-hydrogen) atoms. The molecule has 1 N–H and O–H groups in total. The smallest absolute Gasteiger partial charge is 0.303 e. The van der Waals surface area contributed by atoms with E-state index in [0.717, 1.165) is 25.9 Å². The van der Waals surface area contributed by atoms with Gasteiger partial charge < -0.3 is 10.0 Å². The van der Waals surface area contributed by atoms with Crippen LogP contribution in [0, 0.1) is 0 Å². The molecule has 1 rings (SSSR count). The summed E-state index contributed by atoms with van der Waals surface area (Å²) in [5, 5.41) is 8.89. The van der Waals surface area contributed by atoms with E-state index in [1.807, 2.05) is 0 Å². The maximum absolute atomic E-state index is 10.8. The van der Waals surface area contributed by atoms with Gasteiger partial charge in [-0.2, -0.15) is 0 Å². The van der Waals surface area contributed by atoms with Crippen molar-refractivity contribution in [1.29, 1.82) is 0 Å². The second-order valence-corrected chi connectivity index (χ2v) is 6.53. The number of rotatable bonds is 3. The van der Waals surface area contributed by atoms with Crippen LogP contribution in [0.1, 0.15) is 47.0 Å². The highest BCUT2D eigenvalue weighted by atomic mass is 16.4. The van der Waals surface area contributed by atoms with E-state index in [2.05, 4.69) is 44.5 Å². The third-order valence-corrected chi connectivity index (χ3v) is 4.03. The van der Waals surface area contributed by atoms with E-state index in [-0.39, 0.29) is 12.0 Å². The molecular formula is C14H28N2O2. The molecule has 0 radical (unpaired) electrons. The number of hydrogen-bond acceptors (Lipinski definition) is 3. The first kappa shape index (κ1) is 15.4. The normalized spacial score (nSPS) is 28.1. The Morgan fingerprint density at radius 2 is 2.00 bits per heavy atom. The predicted molar refractivity (Wildman–Crippen MR) is 73.8 cm³/mol. The fraction of sp³-hybridized carbons (Fsp3) is 0.929. The van der Waals surface area contributed by atoms with E-state index < -0.39 is 5.97 Å². The van der Waals surface area contributed by atoms with Gasteiger partial charge in [0.2, 0.25) is 0 Å². The lowest BCUT2D eigenvalue weighted by Gasteiger charge is -2.41. The SMILES string of the molecule is CC1CCN(C(C)(C)C)C(CCC(=O)O)CN1C. The van der Waals surface area contributed by atoms with Crippen molar-refractivity contribution in [2.24, 2.45) is 0 Å². The van der Waals surface area contributed by atoms with E-state index in [1.165, 1.54) is 0 Å². The Labute approximate surface area is 111 Å². The van der Waals surface area contributed by atoms with Gasteiger partial charge in [0, 0.05) is 37.1 Å². The van der Waals surface area contributed by atoms with Crippen molar-refractivity contribution < 1.29 is 9.90 Å². The maximum atomic E-state index is 10.8. The highest BCUT2D eigenvalue weighted by Gasteiger charge is 2.33. The third-order valence-electron chi connectivity index (χ3n) is 4.03. The molecule has 2 atom stereocenters. The van der Waals surface area contributed by atoms with Crippen LogP contribution in [-0.2, 0) is 4.79 Å². The molecule has 0 saturated carbocycles. The number of carboxylic acid groups (broad SMARTS) is 1. The minimum atomic E-state index is -0.691. The van der Waals surface area contributed by atoms with Crippen molar-refractivity contribution in [3.05, 3.63) is 0 Å². The lowest BCUT2D eigenvalue weighted by Crippen LogP contribution is -2.50. The van der Waals surface area contributed by atoms with Crippen molar-refractivity contribution in [3.8, 4) is 0 Å². The Morgan fingerprint density at radius 1 is 1.39 bits per heavy atom. The molecule has 1 saturated heterocycles. The number of aliphatic carboxylic acids is 1. The standard InChI is InChI=1S/C14H28N2O2/c1-11-8-9-16(14(2,3)4)12(10-15(11)5)6-7-13(17)18/h11-12H,6-10H2,1-5H3,(H,17,18). The lowest BCUT2D eigenvalue weighted by atomic mass is 10.00. The predicted octanol–water partition coefficient (Wildman–Crippen LogP) is 2.04. The Bertz CT molecular complexity index is 286. The van der Waals surface area contributed by atoms with Crippen LogP contribution in [0.5, 0.6) is 0 Å². The highest BCUT2D eigenvalue weighted by molar-refractivity contribution is 5.66. The average Bonchev–Trinajstić information content (AvgIpc) is 2.35. The van der Waals surface area contributed by atoms with Crippen LogP contribution in [0.25, 0.3) is 0 Å². The minimum absolute atomic E-state index is 0.105. The van der Waals surface area contributed by atoms with Gasteiger partial charge in [-0.25, -0.2) is 0 Å². The molecule has 0 aliphatic carbocycles. The molecule has 0 amide bonds. The summed E-state index contributed by atoms with van der Waals surface area (Å²) >= 11 is 0. The molecule has 4 nitrogen and oxygen atoms in total. The van der Waals surface area contributed by atoms with Crippen LogP contribution in [0.2, 0.25) is 0 Å². The van der Waals surface area contributed by atoms with Gasteiger partial charge in [-0.3, -0.25) is 9.69 Å². The molecule has 1 heterocycles. The summed E-state index contributed by atoms with van der Waals surface area (Å²) in [7, 11) is 2.14. The molecule has 1 aliphatic heterocycles. The van der Waals surface area contributed by atoms with E-state index in [1.54, 1.807) is 0 Å². The zero-order valence-electron chi connectivity index (χ0n) is 12.4. The molecule has 1 aliphatic rings. The maximum Gasteiger partial charge on any atom is 0.303 e. The highest BCUT2D eigenvalue weighted by Crippen LogP contribution is 2.25. The molecule has 0 bridgehead atoms. The van der Waals surface area contributed by atoms with Crippen LogP contribution in [0.4, 0.5) is 0 Å². The van der Waals surface area contributed by atoms with E-state index in [4.69, 9.17) is 5.11 Å². The summed E-state index contributed by atoms with van der Waals surface area (Å²) < 4.78 is 0. The summed E-state index contributed by atoms with van der Waals surface area (Å²) in [5.41, 5.74) is 0.105. The van der Waals surface area contributed by atoms with Gasteiger partial charge in [0.1, 0.15) is 0 Å². The Morgan fingerprint density at radius 3 is 2.50 bits per heavy atom. The Kier molecular flexibility index (Phi) is 5.17. The van der Waals surface area contributed by atoms with Crippen LogP contribution < -0.4 is 0 Å². The molecule has 0 aromatic carbocycles. The van der Waals surface area contributed by atoms with Gasteiger partial charge >= 0.3 is 5.97 Å². The molecule has 0 aromatic heterocycles. The molecule has 0 spiro atoms. The minimum Gasteiger partial charge on any atom is -0.481 e. The van der Waals surface area contributed by atoms with Crippen molar-refractivity contribution >= 4 is 5.97 Å². The second kappa shape index (κ2) is 6.02. The van der Waals surface area contributed by atoms with Gasteiger partial charge in [-0.05, 0) is 47.6 Å². The summed E-state index contributed by atoms with van der Waals surface area (Å²) in [6.45, 7) is 10.9. The molecule has 1 fully saturated rings. The zero-order valence-corrected chi connectivity index (χ0v) is 12.4. The van der Waals surface area contributed by atoms with Crippen LogP contribution in [-0.4, -0.2) is 58.6 Å². The molecule has 0 aromatic rings. The van der Waals surface area contributed by atoms with Crippen LogP contribution >= 0.6 is 0 Å². The first-order chi connectivity index (χ1) is 8.21. The molecular weight excluding hydrogens is 228 g/mol. The van der Waals surface area contributed by atoms with Crippen molar-refractivity contribution in [2.75, 3.05) is 20.1 Å². The van der Waals surface area contributed by atoms with Gasteiger partial charge in [0.05, 0.1) is 0 Å². The number of carboxylic acids is 1. The molecule has 4 heteroatoms. The fourth-order valence-corrected chi connectivity index (χ4v) is 2.76. The van der Waals surface area contributed by atoms with E-state index in [0.29, 0.717) is 12.1 Å². The fourth-order valence-electron chi connectivity index (χ4n) is 2.76. The van der Waals surface area contributed by atoms with E-state index >= 15 is 0 Å². The Balaban J connectivity index is 2.78. The van der Waals surface area contributed by atoms with Gasteiger partial charge in [-0.1, -0.05) is 0 Å². The number of nitrogens with zero attached hydrogens (tertiary/aromatic N) is 2. The van der Waals surface area contributed by atoms with Crippen molar-refractivity contribution in [2.45, 2.75) is 64.6 Å². The monoisotopic (exact) mass is 256 g/mol. The van der Waals surface area contributed by atoms with Crippen LogP contribution in [0.3, 0.4) is 0 Å². The van der Waals surface area contributed by atoms with Crippen molar-refractivity contribution in [1.82, 2.24) is 9.80 Å². The average molecular weight is 256 g/mol. The van der Waals surface area contributed by atoms with Gasteiger partial charge in [-0.15, -0.1) is 0 Å². The second-order valence-electron chi connectivity index (χ2n) is 6.53. The summed E-state index contributed by atoms with van der Waals surface area (Å²) in [6, 6.07) is 0.917. The number of carbonyl (C=O) groups is 1. The lowest BCUT2D eigenvalue weighted by molar-refractivity contribution is -0.137. The number of likely N-dealkylation sites (N-methyl/N-ethyl adjacent to an activating group) is 1. The largest absolute Gasteiger partial charge is 0.481 e. The number of hydrogen-bond donors (Lipinski definition) is 1. The van der Waals surface area contributed by atoms with Crippen LogP contribution in [0.15, 0.2) is 0 Å². The molecule has 106 valence electrons. The van der Waals surface area contributed by atoms with E-state index in [9.17, 15) is 4.79 Å². The third kappa shape index (κ3) is 4.25. The van der Waals surface area contributed by atoms with Gasteiger partial charge in [0.25, 0.3) is 0 Å². The first-order valence-corrected chi connectivity index (χ1v) is 6.90. The van der Waals surface area contributed by atoms with Crippen molar-refractivity contribution in [3.63, 3.8) is 0 Å². The quantitative estimate of drug-likeness (QED) is 0.839. The summed E-state index contributed by atoms with van der Waals surface area (Å²) in [6.07, 6.45) is 2.15. The molecule has 2 unspecified atom stereocenters. The zero-order chi connectivity index (χ0) is 13.9. The summed E-state index contributed by atoms with van der Waals surface area (Å²) in [5.74, 6) is -0.691. The summed E-state index contributed by atoms with van der Waals surface area (Å²) in [4.78, 5) is 15.6. The Hall–Kier alpha value is -0.610. The van der Waals surface area contributed by atoms with Gasteiger partial charge in [0.15, 0.2) is 0 Å².